The van der Waals surface area contributed by atoms with Crippen LogP contribution in [0, 0.1) is 0 Å². The van der Waals surface area contributed by atoms with E-state index in [1.54, 1.807) is 0 Å². The number of nitrogens with zero attached hydrogens (tertiary/aromatic N) is 2. The van der Waals surface area contributed by atoms with Gasteiger partial charge in [0.2, 0.25) is 0 Å². The third-order valence-corrected chi connectivity index (χ3v) is 5.07. The van der Waals surface area contributed by atoms with Crippen molar-refractivity contribution in [1.29, 1.82) is 0 Å². The first kappa shape index (κ1) is 14.4. The highest BCUT2D eigenvalue weighted by atomic mass is 16.1. The van der Waals surface area contributed by atoms with E-state index in [1.807, 2.05) is 30.3 Å². The van der Waals surface area contributed by atoms with E-state index in [0.29, 0.717) is 18.7 Å². The van der Waals surface area contributed by atoms with E-state index in [0.717, 1.165) is 38.0 Å². The molecule has 2 fully saturated rings. The lowest BCUT2D eigenvalue weighted by atomic mass is 9.84. The maximum absolute atomic E-state index is 12.2. The molecular formula is C17H22N2O2. The van der Waals surface area contributed by atoms with E-state index in [9.17, 15) is 9.59 Å². The maximum atomic E-state index is 12.2. The van der Waals surface area contributed by atoms with Crippen LogP contribution in [0.4, 0.5) is 0 Å². The molecule has 0 amide bonds. The van der Waals surface area contributed by atoms with Crippen molar-refractivity contribution in [2.45, 2.75) is 24.8 Å². The smallest absolute Gasteiger partial charge is 0.176 e. The quantitative estimate of drug-likeness (QED) is 0.792. The number of likely N-dealkylation sites (tertiary alicyclic amines) is 2. The average molecular weight is 286 g/mol. The summed E-state index contributed by atoms with van der Waals surface area (Å²) in [6.45, 7) is 2.99. The summed E-state index contributed by atoms with van der Waals surface area (Å²) in [5.74, 6) is 0.552. The number of ketones is 2. The minimum atomic E-state index is -0.244. The highest BCUT2D eigenvalue weighted by Crippen LogP contribution is 2.34. The third kappa shape index (κ3) is 2.65. The van der Waals surface area contributed by atoms with Gasteiger partial charge in [-0.2, -0.15) is 0 Å². The molecule has 0 bridgehead atoms. The van der Waals surface area contributed by atoms with Crippen LogP contribution < -0.4 is 0 Å². The van der Waals surface area contributed by atoms with E-state index >= 15 is 0 Å². The summed E-state index contributed by atoms with van der Waals surface area (Å²) in [6.07, 6.45) is 2.38. The van der Waals surface area contributed by atoms with Crippen LogP contribution in [0.2, 0.25) is 0 Å². The van der Waals surface area contributed by atoms with E-state index in [4.69, 9.17) is 0 Å². The Labute approximate surface area is 125 Å². The van der Waals surface area contributed by atoms with Crippen LogP contribution in [-0.2, 0) is 4.79 Å². The number of piperidine rings is 1. The van der Waals surface area contributed by atoms with Crippen LogP contribution in [0.1, 0.15) is 29.6 Å². The normalized spacial score (nSPS) is 22.8. The van der Waals surface area contributed by atoms with Crippen LogP contribution in [0.25, 0.3) is 0 Å². The number of hydrogen-bond donors (Lipinski definition) is 0. The number of Topliss-reactive ketones (excluding diaryl/α,β-unsaturated/α-hetero) is 2. The van der Waals surface area contributed by atoms with Gasteiger partial charge in [-0.05, 0) is 19.9 Å². The zero-order chi connectivity index (χ0) is 14.9. The number of hydrogen-bond acceptors (Lipinski definition) is 4. The molecule has 4 nitrogen and oxygen atoms in total. The molecule has 0 N–H and O–H groups in total. The summed E-state index contributed by atoms with van der Waals surface area (Å²) in [6, 6.07) is 9.43. The largest absolute Gasteiger partial charge is 0.298 e. The first-order valence-electron chi connectivity index (χ1n) is 7.67. The van der Waals surface area contributed by atoms with Gasteiger partial charge in [-0.25, -0.2) is 0 Å². The molecular weight excluding hydrogens is 264 g/mol. The van der Waals surface area contributed by atoms with Gasteiger partial charge < -0.3 is 0 Å². The minimum absolute atomic E-state index is 0.164. The summed E-state index contributed by atoms with van der Waals surface area (Å²) in [4.78, 5) is 28.8. The van der Waals surface area contributed by atoms with Gasteiger partial charge >= 0.3 is 0 Å². The van der Waals surface area contributed by atoms with Gasteiger partial charge in [0, 0.05) is 31.6 Å². The van der Waals surface area contributed by atoms with Crippen LogP contribution in [0.15, 0.2) is 30.3 Å². The van der Waals surface area contributed by atoms with Crippen molar-refractivity contribution < 1.29 is 9.59 Å². The lowest BCUT2D eigenvalue weighted by Gasteiger charge is -2.42. The Bertz CT molecular complexity index is 533. The molecule has 0 radical (unpaired) electrons. The monoisotopic (exact) mass is 286 g/mol. The average Bonchev–Trinajstić information content (AvgIpc) is 2.79. The molecule has 0 atom stereocenters. The molecule has 0 unspecified atom stereocenters. The van der Waals surface area contributed by atoms with Gasteiger partial charge in [0.05, 0.1) is 12.1 Å². The Morgan fingerprint density at radius 1 is 1.14 bits per heavy atom. The molecule has 21 heavy (non-hydrogen) atoms. The van der Waals surface area contributed by atoms with Crippen molar-refractivity contribution in [3.05, 3.63) is 35.9 Å². The zero-order valence-electron chi connectivity index (χ0n) is 12.5. The third-order valence-electron chi connectivity index (χ3n) is 5.07. The van der Waals surface area contributed by atoms with Crippen LogP contribution >= 0.6 is 0 Å². The van der Waals surface area contributed by atoms with Crippen molar-refractivity contribution in [3.8, 4) is 0 Å². The fourth-order valence-corrected chi connectivity index (χ4v) is 3.59. The first-order valence-corrected chi connectivity index (χ1v) is 7.67. The summed E-state index contributed by atoms with van der Waals surface area (Å²) >= 11 is 0. The van der Waals surface area contributed by atoms with E-state index in [2.05, 4.69) is 16.8 Å². The Hall–Kier alpha value is -1.52. The van der Waals surface area contributed by atoms with Crippen LogP contribution in [0.3, 0.4) is 0 Å². The number of benzene rings is 1. The molecule has 4 heteroatoms. The number of likely N-dealkylation sites (N-methyl/N-ethyl adjacent to an activating group) is 1. The summed E-state index contributed by atoms with van der Waals surface area (Å²) in [5.41, 5.74) is 0.526. The van der Waals surface area contributed by atoms with Crippen LogP contribution in [-0.4, -0.2) is 60.1 Å². The van der Waals surface area contributed by atoms with Gasteiger partial charge in [0.15, 0.2) is 11.6 Å². The molecule has 2 heterocycles. The second kappa shape index (κ2) is 5.70. The molecule has 1 aromatic carbocycles. The van der Waals surface area contributed by atoms with E-state index < -0.39 is 0 Å². The molecule has 0 aliphatic carbocycles. The fourth-order valence-electron chi connectivity index (χ4n) is 3.59. The van der Waals surface area contributed by atoms with Crippen LogP contribution in [0.5, 0.6) is 0 Å². The van der Waals surface area contributed by atoms with E-state index in [-0.39, 0.29) is 11.3 Å². The topological polar surface area (TPSA) is 40.6 Å². The number of carbonyl (C=O) groups is 2. The molecule has 2 saturated heterocycles. The Morgan fingerprint density at radius 3 is 2.38 bits per heavy atom. The van der Waals surface area contributed by atoms with Gasteiger partial charge in [-0.15, -0.1) is 0 Å². The standard InChI is InChI=1S/C17H22N2O2/c1-18-10-7-16(21)17(18)8-11-19(12-9-17)13-15(20)14-5-3-2-4-6-14/h2-6H,7-13H2,1H3. The Morgan fingerprint density at radius 2 is 1.81 bits per heavy atom. The van der Waals surface area contributed by atoms with Gasteiger partial charge in [-0.1, -0.05) is 30.3 Å². The second-order valence-electron chi connectivity index (χ2n) is 6.19. The molecule has 112 valence electrons. The van der Waals surface area contributed by atoms with Gasteiger partial charge in [0.1, 0.15) is 0 Å². The van der Waals surface area contributed by atoms with Crippen molar-refractivity contribution in [2.75, 3.05) is 33.2 Å². The second-order valence-corrected chi connectivity index (χ2v) is 6.19. The molecule has 2 aliphatic heterocycles. The maximum Gasteiger partial charge on any atom is 0.176 e. The lowest BCUT2D eigenvalue weighted by molar-refractivity contribution is -0.127. The van der Waals surface area contributed by atoms with Gasteiger partial charge in [0.25, 0.3) is 0 Å². The fraction of sp³-hybridized carbons (Fsp3) is 0.529. The molecule has 2 aliphatic rings. The Kier molecular flexibility index (Phi) is 3.91. The van der Waals surface area contributed by atoms with Crippen molar-refractivity contribution in [1.82, 2.24) is 9.80 Å². The molecule has 0 aromatic heterocycles. The van der Waals surface area contributed by atoms with E-state index in [1.165, 1.54) is 0 Å². The van der Waals surface area contributed by atoms with Crippen molar-refractivity contribution in [2.24, 2.45) is 0 Å². The molecule has 1 aromatic rings. The highest BCUT2D eigenvalue weighted by Gasteiger charge is 2.47. The predicted octanol–water partition coefficient (Wildman–Crippen LogP) is 1.61. The van der Waals surface area contributed by atoms with Crippen molar-refractivity contribution in [3.63, 3.8) is 0 Å². The Balaban J connectivity index is 1.59. The van der Waals surface area contributed by atoms with Gasteiger partial charge in [-0.3, -0.25) is 19.4 Å². The number of carbonyl (C=O) groups excluding carboxylic acids is 2. The molecule has 1 spiro atoms. The molecule has 3 rings (SSSR count). The first-order chi connectivity index (χ1) is 10.1. The van der Waals surface area contributed by atoms with Crippen molar-refractivity contribution >= 4 is 11.6 Å². The molecule has 0 saturated carbocycles. The summed E-state index contributed by atoms with van der Waals surface area (Å²) < 4.78 is 0. The predicted molar refractivity (Wildman–Crippen MR) is 81.4 cm³/mol. The summed E-state index contributed by atoms with van der Waals surface area (Å²) in [5, 5.41) is 0. The lowest BCUT2D eigenvalue weighted by Crippen LogP contribution is -2.54. The SMILES string of the molecule is CN1CCC(=O)C12CCN(CC(=O)c1ccccc1)CC2. The minimum Gasteiger partial charge on any atom is -0.298 e. The zero-order valence-corrected chi connectivity index (χ0v) is 12.5. The highest BCUT2D eigenvalue weighted by molar-refractivity contribution is 5.97. The summed E-state index contributed by atoms with van der Waals surface area (Å²) in [7, 11) is 2.05. The number of rotatable bonds is 3.